The maximum absolute atomic E-state index is 11.5. The zero-order chi connectivity index (χ0) is 26.5. The average Bonchev–Trinajstić information content (AvgIpc) is 2.90. The molecule has 5 atom stereocenters. The van der Waals surface area contributed by atoms with Crippen LogP contribution in [0.25, 0.3) is 0 Å². The lowest BCUT2D eigenvalue weighted by Crippen LogP contribution is -2.54. The van der Waals surface area contributed by atoms with E-state index in [1.165, 1.54) is 11.8 Å². The highest BCUT2D eigenvalue weighted by Gasteiger charge is 2.44. The Kier molecular flexibility index (Phi) is 9.13. The van der Waals surface area contributed by atoms with Crippen LogP contribution in [0, 0.1) is 0 Å². The molecule has 1 aliphatic heterocycles. The number of ether oxygens (including phenoxy) is 2. The van der Waals surface area contributed by atoms with Gasteiger partial charge >= 0.3 is 0 Å². The lowest BCUT2D eigenvalue weighted by molar-refractivity contribution is -0.218. The van der Waals surface area contributed by atoms with Crippen LogP contribution in [-0.4, -0.2) is 58.0 Å². The molecule has 3 aromatic rings. The average molecular weight is 544 g/mol. The Morgan fingerprint density at radius 3 is 2.49 bits per heavy atom. The first kappa shape index (κ1) is 27.4. The van der Waals surface area contributed by atoms with Crippen molar-refractivity contribution in [3.63, 3.8) is 0 Å². The molecule has 1 fully saturated rings. The second-order valence-corrected chi connectivity index (χ2v) is 10.4. The quantitative estimate of drug-likeness (QED) is 0.303. The van der Waals surface area contributed by atoms with E-state index in [9.17, 15) is 20.1 Å². The van der Waals surface area contributed by atoms with Crippen molar-refractivity contribution in [3.8, 4) is 5.75 Å². The summed E-state index contributed by atoms with van der Waals surface area (Å²) >= 11 is 7.84. The normalized spacial score (nSPS) is 23.5. The second-order valence-electron chi connectivity index (χ2n) is 8.87. The van der Waals surface area contributed by atoms with Crippen LogP contribution in [0.4, 0.5) is 0 Å². The van der Waals surface area contributed by atoms with Gasteiger partial charge in [-0.25, -0.2) is 0 Å². The number of carbonyl (C=O) groups is 1. The Hall–Kier alpha value is -2.59. The number of carbonyl (C=O) groups excluding carboxylic acids is 1. The summed E-state index contributed by atoms with van der Waals surface area (Å²) in [4.78, 5) is 12.2. The van der Waals surface area contributed by atoms with Crippen LogP contribution in [0.15, 0.2) is 71.6 Å². The lowest BCUT2D eigenvalue weighted by Gasteiger charge is -2.41. The predicted octanol–water partition coefficient (Wildman–Crippen LogP) is 3.74. The van der Waals surface area contributed by atoms with Gasteiger partial charge in [0.2, 0.25) is 5.91 Å². The molecule has 0 saturated carbocycles. The second kappa shape index (κ2) is 12.3. The van der Waals surface area contributed by atoms with E-state index in [1.54, 1.807) is 30.3 Å². The van der Waals surface area contributed by atoms with E-state index in [-0.39, 0.29) is 5.75 Å². The summed E-state index contributed by atoms with van der Waals surface area (Å²) in [5.41, 5.74) is 8.27. The fraction of sp³-hybridized carbons (Fsp3) is 0.321. The first-order valence-electron chi connectivity index (χ1n) is 12.0. The van der Waals surface area contributed by atoms with E-state index in [0.29, 0.717) is 29.2 Å². The number of aliphatic hydroxyl groups is 3. The summed E-state index contributed by atoms with van der Waals surface area (Å²) in [6.07, 6.45) is -5.08. The highest BCUT2D eigenvalue weighted by Crippen LogP contribution is 2.36. The number of hydrogen-bond acceptors (Lipinski definition) is 7. The first-order valence-corrected chi connectivity index (χ1v) is 13.4. The molecule has 0 aliphatic carbocycles. The number of primary amides is 1. The Labute approximate surface area is 225 Å². The van der Waals surface area contributed by atoms with Gasteiger partial charge < -0.3 is 30.5 Å². The van der Waals surface area contributed by atoms with Gasteiger partial charge in [-0.2, -0.15) is 0 Å². The van der Waals surface area contributed by atoms with Crippen LogP contribution >= 0.6 is 23.4 Å². The number of aliphatic hydroxyl groups excluding tert-OH is 3. The van der Waals surface area contributed by atoms with E-state index < -0.39 is 36.4 Å². The Morgan fingerprint density at radius 2 is 1.78 bits per heavy atom. The molecule has 0 spiro atoms. The summed E-state index contributed by atoms with van der Waals surface area (Å²) in [7, 11) is 0. The minimum Gasteiger partial charge on any atom is -0.494 e. The minimum atomic E-state index is -1.40. The summed E-state index contributed by atoms with van der Waals surface area (Å²) in [6.45, 7) is 2.53. The van der Waals surface area contributed by atoms with Gasteiger partial charge in [0, 0.05) is 21.2 Å². The van der Waals surface area contributed by atoms with Crippen LogP contribution in [0.3, 0.4) is 0 Å². The fourth-order valence-corrected chi connectivity index (χ4v) is 5.48. The number of amides is 1. The van der Waals surface area contributed by atoms with Gasteiger partial charge in [-0.05, 0) is 66.4 Å². The molecule has 5 N–H and O–H groups in total. The third-order valence-electron chi connectivity index (χ3n) is 6.27. The zero-order valence-electron chi connectivity index (χ0n) is 20.3. The smallest absolute Gasteiger partial charge is 0.248 e. The van der Waals surface area contributed by atoms with Crippen molar-refractivity contribution < 1.29 is 29.6 Å². The van der Waals surface area contributed by atoms with Gasteiger partial charge in [0.15, 0.2) is 0 Å². The highest BCUT2D eigenvalue weighted by molar-refractivity contribution is 7.99. The van der Waals surface area contributed by atoms with Gasteiger partial charge in [0.05, 0.1) is 12.7 Å². The van der Waals surface area contributed by atoms with Crippen LogP contribution in [0.5, 0.6) is 5.75 Å². The standard InChI is InChI=1S/C28H30ClNO6S/c1-2-35-20-9-6-16(7-10-20)12-19-13-17(8-11-22(19)29)27-26(33)25(32)24(31)23(36-27)15-37-21-5-3-4-18(14-21)28(30)34/h3-11,13-14,23-27,31-33H,2,12,15H2,1H3,(H2,30,34)/t23-,24-,25+,26-,27+/m1/s1. The number of halogens is 1. The topological polar surface area (TPSA) is 122 Å². The van der Waals surface area contributed by atoms with Crippen LogP contribution < -0.4 is 10.5 Å². The monoisotopic (exact) mass is 543 g/mol. The van der Waals surface area contributed by atoms with Gasteiger partial charge in [0.1, 0.15) is 30.2 Å². The van der Waals surface area contributed by atoms with E-state index >= 15 is 0 Å². The molecule has 196 valence electrons. The Balaban J connectivity index is 1.50. The molecule has 0 bridgehead atoms. The number of nitrogens with two attached hydrogens (primary N) is 1. The lowest BCUT2D eigenvalue weighted by atomic mass is 9.90. The molecule has 0 aromatic heterocycles. The predicted molar refractivity (Wildman–Crippen MR) is 143 cm³/mol. The number of benzene rings is 3. The molecule has 9 heteroatoms. The third kappa shape index (κ3) is 6.65. The Morgan fingerprint density at radius 1 is 1.03 bits per heavy atom. The van der Waals surface area contributed by atoms with Crippen molar-refractivity contribution in [2.24, 2.45) is 5.73 Å². The van der Waals surface area contributed by atoms with Gasteiger partial charge in [-0.3, -0.25) is 4.79 Å². The van der Waals surface area contributed by atoms with Crippen molar-refractivity contribution >= 4 is 29.3 Å². The van der Waals surface area contributed by atoms with Gasteiger partial charge in [-0.1, -0.05) is 41.9 Å². The SMILES string of the molecule is CCOc1ccc(Cc2cc([C@@H]3O[C@H](CSc4cccc(C(N)=O)c4)[C@@H](O)[C@H](O)[C@H]3O)ccc2Cl)cc1. The van der Waals surface area contributed by atoms with E-state index in [4.69, 9.17) is 26.8 Å². The molecule has 1 amide bonds. The summed E-state index contributed by atoms with van der Waals surface area (Å²) in [6, 6.07) is 19.9. The molecule has 7 nitrogen and oxygen atoms in total. The van der Waals surface area contributed by atoms with Crippen molar-refractivity contribution in [1.29, 1.82) is 0 Å². The maximum atomic E-state index is 11.5. The van der Waals surface area contributed by atoms with E-state index in [1.807, 2.05) is 43.3 Å². The molecule has 1 heterocycles. The summed E-state index contributed by atoms with van der Waals surface area (Å²) < 4.78 is 11.6. The van der Waals surface area contributed by atoms with Crippen LogP contribution in [0.1, 0.15) is 40.1 Å². The van der Waals surface area contributed by atoms with Crippen molar-refractivity contribution in [3.05, 3.63) is 94.0 Å². The molecule has 1 saturated heterocycles. The molecule has 1 aliphatic rings. The number of thioether (sulfide) groups is 1. The highest BCUT2D eigenvalue weighted by atomic mass is 35.5. The van der Waals surface area contributed by atoms with Crippen LogP contribution in [-0.2, 0) is 11.2 Å². The molecule has 4 rings (SSSR count). The van der Waals surface area contributed by atoms with Gasteiger partial charge in [0.25, 0.3) is 0 Å². The summed E-state index contributed by atoms with van der Waals surface area (Å²) in [5.74, 6) is 0.553. The number of hydrogen-bond donors (Lipinski definition) is 4. The van der Waals surface area contributed by atoms with Crippen molar-refractivity contribution in [2.45, 2.75) is 48.8 Å². The largest absolute Gasteiger partial charge is 0.494 e. The zero-order valence-corrected chi connectivity index (χ0v) is 21.9. The molecule has 37 heavy (non-hydrogen) atoms. The van der Waals surface area contributed by atoms with Crippen LogP contribution in [0.2, 0.25) is 5.02 Å². The summed E-state index contributed by atoms with van der Waals surface area (Å²) in [5, 5.41) is 32.5. The van der Waals surface area contributed by atoms with Gasteiger partial charge in [-0.15, -0.1) is 11.8 Å². The maximum Gasteiger partial charge on any atom is 0.248 e. The van der Waals surface area contributed by atoms with E-state index in [2.05, 4.69) is 0 Å². The van der Waals surface area contributed by atoms with E-state index in [0.717, 1.165) is 21.8 Å². The first-order chi connectivity index (χ1) is 17.8. The molecule has 3 aromatic carbocycles. The van der Waals surface area contributed by atoms with Crippen molar-refractivity contribution in [1.82, 2.24) is 0 Å². The minimum absolute atomic E-state index is 0.288. The fourth-order valence-electron chi connectivity index (χ4n) is 4.28. The molecular formula is C28H30ClNO6S. The third-order valence-corrected chi connectivity index (χ3v) is 7.72. The molecule has 0 unspecified atom stereocenters. The molecular weight excluding hydrogens is 514 g/mol. The Bertz CT molecular complexity index is 1220. The number of rotatable bonds is 9. The van der Waals surface area contributed by atoms with Crippen molar-refractivity contribution in [2.75, 3.05) is 12.4 Å². The molecule has 0 radical (unpaired) electrons.